The first kappa shape index (κ1) is 15.6. The molecule has 2 fully saturated rings. The molecule has 0 aliphatic carbocycles. The molecule has 1 N–H and O–H groups in total. The summed E-state index contributed by atoms with van der Waals surface area (Å²) >= 11 is 0. The summed E-state index contributed by atoms with van der Waals surface area (Å²) < 4.78 is 10.8. The van der Waals surface area contributed by atoms with Crippen LogP contribution in [0.5, 0.6) is 11.5 Å². The summed E-state index contributed by atoms with van der Waals surface area (Å²) in [6, 6.07) is 8.22. The highest BCUT2D eigenvalue weighted by molar-refractivity contribution is 5.40. The molecule has 1 aromatic carbocycles. The molecular formula is C18H28N2O2. The Kier molecular flexibility index (Phi) is 4.89. The minimum absolute atomic E-state index is 0.623. The molecule has 22 heavy (non-hydrogen) atoms. The smallest absolute Gasteiger partial charge is 0.127 e. The molecule has 0 spiro atoms. The summed E-state index contributed by atoms with van der Waals surface area (Å²) in [5.74, 6) is 1.74. The van der Waals surface area contributed by atoms with Crippen LogP contribution in [0.2, 0.25) is 0 Å². The van der Waals surface area contributed by atoms with Gasteiger partial charge in [-0.15, -0.1) is 0 Å². The first-order chi connectivity index (χ1) is 10.7. The van der Waals surface area contributed by atoms with E-state index in [9.17, 15) is 0 Å². The maximum atomic E-state index is 5.49. The van der Waals surface area contributed by atoms with Gasteiger partial charge in [-0.1, -0.05) is 12.5 Å². The fourth-order valence-corrected chi connectivity index (χ4v) is 4.03. The van der Waals surface area contributed by atoms with E-state index in [0.717, 1.165) is 30.1 Å². The predicted molar refractivity (Wildman–Crippen MR) is 88.6 cm³/mol. The molecule has 0 amide bonds. The van der Waals surface area contributed by atoms with E-state index < -0.39 is 0 Å². The van der Waals surface area contributed by atoms with Crippen molar-refractivity contribution in [3.8, 4) is 11.5 Å². The highest BCUT2D eigenvalue weighted by Crippen LogP contribution is 2.33. The topological polar surface area (TPSA) is 33.7 Å². The summed E-state index contributed by atoms with van der Waals surface area (Å²) in [4.78, 5) is 2.61. The third-order valence-corrected chi connectivity index (χ3v) is 5.42. The molecule has 2 bridgehead atoms. The molecule has 3 rings (SSSR count). The number of nitrogens with zero attached hydrogens (tertiary/aromatic N) is 1. The first-order valence-electron chi connectivity index (χ1n) is 8.37. The van der Waals surface area contributed by atoms with Crippen LogP contribution >= 0.6 is 0 Å². The number of ether oxygens (including phenoxy) is 2. The van der Waals surface area contributed by atoms with E-state index in [2.05, 4.69) is 23.3 Å². The molecule has 0 saturated carbocycles. The lowest BCUT2D eigenvalue weighted by molar-refractivity contribution is 0.0482. The summed E-state index contributed by atoms with van der Waals surface area (Å²) in [6.07, 6.45) is 6.66. The van der Waals surface area contributed by atoms with Gasteiger partial charge in [-0.2, -0.15) is 0 Å². The van der Waals surface area contributed by atoms with Gasteiger partial charge < -0.3 is 19.7 Å². The van der Waals surface area contributed by atoms with Gasteiger partial charge in [0.2, 0.25) is 0 Å². The first-order valence-corrected chi connectivity index (χ1v) is 8.37. The van der Waals surface area contributed by atoms with Crippen LogP contribution in [0.1, 0.15) is 37.7 Å². The standard InChI is InChI=1S/C18H28N2O2/c1-20-15-5-4-6-16(20)10-14(9-15)19-12-13-7-8-17(21-2)11-18(13)22-3/h7-8,11,14-16,19H,4-6,9-10,12H2,1-3H3/t14?,15-,16+. The van der Waals surface area contributed by atoms with Gasteiger partial charge in [0, 0.05) is 36.3 Å². The van der Waals surface area contributed by atoms with Gasteiger partial charge in [0.25, 0.3) is 0 Å². The maximum absolute atomic E-state index is 5.49. The average molecular weight is 304 g/mol. The molecular weight excluding hydrogens is 276 g/mol. The SMILES string of the molecule is COc1ccc(CNC2C[C@H]3CCC[C@@H](C2)N3C)c(OC)c1. The van der Waals surface area contributed by atoms with E-state index in [1.165, 1.54) is 37.7 Å². The molecule has 2 saturated heterocycles. The van der Waals surface area contributed by atoms with Crippen LogP contribution in [0.15, 0.2) is 18.2 Å². The second kappa shape index (κ2) is 6.88. The lowest BCUT2D eigenvalue weighted by Crippen LogP contribution is -2.54. The van der Waals surface area contributed by atoms with Gasteiger partial charge >= 0.3 is 0 Å². The van der Waals surface area contributed by atoms with Crippen LogP contribution in [0.25, 0.3) is 0 Å². The van der Waals surface area contributed by atoms with Crippen molar-refractivity contribution < 1.29 is 9.47 Å². The van der Waals surface area contributed by atoms with Crippen LogP contribution < -0.4 is 14.8 Å². The zero-order valence-corrected chi connectivity index (χ0v) is 14.0. The molecule has 1 unspecified atom stereocenters. The summed E-state index contributed by atoms with van der Waals surface area (Å²) in [5, 5.41) is 3.75. The molecule has 0 radical (unpaired) electrons. The van der Waals surface area contributed by atoms with Gasteiger partial charge in [-0.3, -0.25) is 0 Å². The second-order valence-electron chi connectivity index (χ2n) is 6.63. The molecule has 3 atom stereocenters. The summed E-state index contributed by atoms with van der Waals surface area (Å²) in [6.45, 7) is 0.862. The van der Waals surface area contributed by atoms with Crippen molar-refractivity contribution in [3.63, 3.8) is 0 Å². The number of benzene rings is 1. The third-order valence-electron chi connectivity index (χ3n) is 5.42. The fraction of sp³-hybridized carbons (Fsp3) is 0.667. The van der Waals surface area contributed by atoms with Gasteiger partial charge in [-0.05, 0) is 38.8 Å². The van der Waals surface area contributed by atoms with Crippen LogP contribution in [0, 0.1) is 0 Å². The van der Waals surface area contributed by atoms with Gasteiger partial charge in [0.15, 0.2) is 0 Å². The molecule has 2 aliphatic heterocycles. The largest absolute Gasteiger partial charge is 0.497 e. The van der Waals surface area contributed by atoms with E-state index in [4.69, 9.17) is 9.47 Å². The molecule has 1 aromatic rings. The molecule has 0 aromatic heterocycles. The Hall–Kier alpha value is -1.26. The minimum Gasteiger partial charge on any atom is -0.497 e. The highest BCUT2D eigenvalue weighted by Gasteiger charge is 2.35. The Balaban J connectivity index is 1.61. The molecule has 4 nitrogen and oxygen atoms in total. The Morgan fingerprint density at radius 3 is 2.50 bits per heavy atom. The number of piperidine rings is 2. The van der Waals surface area contributed by atoms with Crippen molar-refractivity contribution in [3.05, 3.63) is 23.8 Å². The van der Waals surface area contributed by atoms with Crippen molar-refractivity contribution in [1.29, 1.82) is 0 Å². The molecule has 2 heterocycles. The van der Waals surface area contributed by atoms with Crippen LogP contribution in [0.3, 0.4) is 0 Å². The molecule has 2 aliphatic rings. The van der Waals surface area contributed by atoms with Crippen molar-refractivity contribution in [1.82, 2.24) is 10.2 Å². The van der Waals surface area contributed by atoms with Crippen molar-refractivity contribution in [2.75, 3.05) is 21.3 Å². The van der Waals surface area contributed by atoms with E-state index in [-0.39, 0.29) is 0 Å². The summed E-state index contributed by atoms with van der Waals surface area (Å²) in [7, 11) is 5.71. The van der Waals surface area contributed by atoms with E-state index in [0.29, 0.717) is 6.04 Å². The Morgan fingerprint density at radius 1 is 1.14 bits per heavy atom. The van der Waals surface area contributed by atoms with Crippen molar-refractivity contribution in [2.45, 2.75) is 56.8 Å². The number of nitrogens with one attached hydrogen (secondary N) is 1. The number of fused-ring (bicyclic) bond motifs is 2. The number of rotatable bonds is 5. The van der Waals surface area contributed by atoms with Crippen LogP contribution in [0.4, 0.5) is 0 Å². The summed E-state index contributed by atoms with van der Waals surface area (Å²) in [5.41, 5.74) is 1.20. The molecule has 4 heteroatoms. The quantitative estimate of drug-likeness (QED) is 0.907. The highest BCUT2D eigenvalue weighted by atomic mass is 16.5. The Labute approximate surface area is 133 Å². The Morgan fingerprint density at radius 2 is 1.86 bits per heavy atom. The van der Waals surface area contributed by atoms with Crippen LogP contribution in [-0.4, -0.2) is 44.3 Å². The van der Waals surface area contributed by atoms with Crippen LogP contribution in [-0.2, 0) is 6.54 Å². The van der Waals surface area contributed by atoms with Crippen molar-refractivity contribution >= 4 is 0 Å². The maximum Gasteiger partial charge on any atom is 0.127 e. The average Bonchev–Trinajstić information content (AvgIpc) is 2.53. The Bertz CT molecular complexity index is 492. The van der Waals surface area contributed by atoms with E-state index in [1.807, 2.05) is 12.1 Å². The lowest BCUT2D eigenvalue weighted by atomic mass is 9.82. The van der Waals surface area contributed by atoms with Crippen molar-refractivity contribution in [2.24, 2.45) is 0 Å². The van der Waals surface area contributed by atoms with E-state index in [1.54, 1.807) is 14.2 Å². The zero-order valence-electron chi connectivity index (χ0n) is 14.0. The predicted octanol–water partition coefficient (Wildman–Crippen LogP) is 2.81. The zero-order chi connectivity index (χ0) is 15.5. The monoisotopic (exact) mass is 304 g/mol. The number of methoxy groups -OCH3 is 2. The van der Waals surface area contributed by atoms with Gasteiger partial charge in [0.1, 0.15) is 11.5 Å². The third kappa shape index (κ3) is 3.23. The lowest BCUT2D eigenvalue weighted by Gasteiger charge is -2.47. The fourth-order valence-electron chi connectivity index (χ4n) is 4.03. The normalized spacial score (nSPS) is 28.4. The number of hydrogen-bond acceptors (Lipinski definition) is 4. The van der Waals surface area contributed by atoms with Gasteiger partial charge in [0.05, 0.1) is 14.2 Å². The molecule has 122 valence electrons. The van der Waals surface area contributed by atoms with Gasteiger partial charge in [-0.25, -0.2) is 0 Å². The second-order valence-corrected chi connectivity index (χ2v) is 6.63. The van der Waals surface area contributed by atoms with E-state index >= 15 is 0 Å². The minimum atomic E-state index is 0.623. The number of hydrogen-bond donors (Lipinski definition) is 1.